The molecule has 1 amide bonds. The normalized spacial score (nSPS) is 12.2. The molecule has 7 nitrogen and oxygen atoms in total. The summed E-state index contributed by atoms with van der Waals surface area (Å²) in [4.78, 5) is 12.6. The van der Waals surface area contributed by atoms with Gasteiger partial charge in [-0.2, -0.15) is 5.10 Å². The van der Waals surface area contributed by atoms with Crippen molar-refractivity contribution in [3.63, 3.8) is 0 Å². The molecule has 0 radical (unpaired) electrons. The highest BCUT2D eigenvalue weighted by Crippen LogP contribution is 2.29. The number of nitrogens with two attached hydrogens (primary N) is 1. The van der Waals surface area contributed by atoms with Crippen molar-refractivity contribution < 1.29 is 13.2 Å². The van der Waals surface area contributed by atoms with E-state index in [0.717, 1.165) is 0 Å². The number of rotatable bonds is 7. The zero-order chi connectivity index (χ0) is 21.1. The number of carbonyl (C=O) groups excluding carboxylic acids is 1. The second-order valence-corrected chi connectivity index (χ2v) is 9.56. The molecule has 2 aromatic rings. The molecule has 28 heavy (non-hydrogen) atoms. The van der Waals surface area contributed by atoms with E-state index in [1.54, 1.807) is 16.8 Å². The van der Waals surface area contributed by atoms with Gasteiger partial charge < -0.3 is 11.1 Å². The Morgan fingerprint density at radius 1 is 1.14 bits per heavy atom. The molecule has 154 valence electrons. The standard InChI is InChI=1S/C20H30N4O3S/c1-6-16-18(17(7-2)24(23-16)13-12-21)28(26,27)15-10-8-14(9-11-15)22-19(25)20(3,4)5/h8-11H,6-7,12-13,21H2,1-5H3,(H,22,25). The van der Waals surface area contributed by atoms with E-state index in [0.29, 0.717) is 43.0 Å². The van der Waals surface area contributed by atoms with E-state index in [-0.39, 0.29) is 15.7 Å². The Balaban J connectivity index is 2.44. The monoisotopic (exact) mass is 406 g/mol. The summed E-state index contributed by atoms with van der Waals surface area (Å²) in [6.45, 7) is 10.1. The molecule has 0 bridgehead atoms. The first-order valence-corrected chi connectivity index (χ1v) is 11.0. The molecule has 8 heteroatoms. The third-order valence-electron chi connectivity index (χ3n) is 4.46. The van der Waals surface area contributed by atoms with Crippen LogP contribution in [0.15, 0.2) is 34.1 Å². The van der Waals surface area contributed by atoms with Gasteiger partial charge in [0.25, 0.3) is 0 Å². The van der Waals surface area contributed by atoms with Crippen molar-refractivity contribution >= 4 is 21.4 Å². The fraction of sp³-hybridized carbons (Fsp3) is 0.500. The first-order chi connectivity index (χ1) is 13.1. The highest BCUT2D eigenvalue weighted by Gasteiger charge is 2.29. The second kappa shape index (κ2) is 8.45. The van der Waals surface area contributed by atoms with Crippen LogP contribution in [0.4, 0.5) is 5.69 Å². The Morgan fingerprint density at radius 2 is 1.75 bits per heavy atom. The Hall–Kier alpha value is -2.19. The Bertz CT molecular complexity index is 939. The third kappa shape index (κ3) is 4.44. The molecule has 0 saturated heterocycles. The molecule has 0 spiro atoms. The summed E-state index contributed by atoms with van der Waals surface area (Å²) in [5, 5.41) is 7.27. The van der Waals surface area contributed by atoms with Gasteiger partial charge in [-0.25, -0.2) is 8.42 Å². The minimum Gasteiger partial charge on any atom is -0.329 e. The van der Waals surface area contributed by atoms with E-state index in [2.05, 4.69) is 10.4 Å². The number of hydrogen-bond donors (Lipinski definition) is 2. The Morgan fingerprint density at radius 3 is 2.21 bits per heavy atom. The number of nitrogens with zero attached hydrogens (tertiary/aromatic N) is 2. The van der Waals surface area contributed by atoms with Crippen molar-refractivity contribution in [1.29, 1.82) is 0 Å². The van der Waals surface area contributed by atoms with E-state index in [4.69, 9.17) is 5.73 Å². The topological polar surface area (TPSA) is 107 Å². The maximum atomic E-state index is 13.3. The van der Waals surface area contributed by atoms with Gasteiger partial charge in [-0.1, -0.05) is 34.6 Å². The van der Waals surface area contributed by atoms with Gasteiger partial charge in [0.15, 0.2) is 0 Å². The summed E-state index contributed by atoms with van der Waals surface area (Å²) in [6.07, 6.45) is 1.06. The lowest BCUT2D eigenvalue weighted by Gasteiger charge is -2.17. The Labute approximate surface area is 167 Å². The highest BCUT2D eigenvalue weighted by atomic mass is 32.2. The van der Waals surface area contributed by atoms with Crippen molar-refractivity contribution in [3.8, 4) is 0 Å². The summed E-state index contributed by atoms with van der Waals surface area (Å²) >= 11 is 0. The van der Waals surface area contributed by atoms with Gasteiger partial charge in [0, 0.05) is 17.6 Å². The van der Waals surface area contributed by atoms with Crippen LogP contribution in [0.5, 0.6) is 0 Å². The smallest absolute Gasteiger partial charge is 0.229 e. The van der Waals surface area contributed by atoms with E-state index in [9.17, 15) is 13.2 Å². The summed E-state index contributed by atoms with van der Waals surface area (Å²) in [5.74, 6) is -0.132. The minimum absolute atomic E-state index is 0.132. The molecule has 0 saturated carbocycles. The van der Waals surface area contributed by atoms with Gasteiger partial charge in [-0.05, 0) is 37.1 Å². The molecule has 0 aliphatic heterocycles. The molecular weight excluding hydrogens is 376 g/mol. The lowest BCUT2D eigenvalue weighted by atomic mass is 9.95. The lowest BCUT2D eigenvalue weighted by molar-refractivity contribution is -0.123. The fourth-order valence-electron chi connectivity index (χ4n) is 2.88. The van der Waals surface area contributed by atoms with Gasteiger partial charge in [0.2, 0.25) is 15.7 Å². The predicted molar refractivity (Wildman–Crippen MR) is 110 cm³/mol. The second-order valence-electron chi connectivity index (χ2n) is 7.67. The van der Waals surface area contributed by atoms with Crippen LogP contribution < -0.4 is 11.1 Å². The van der Waals surface area contributed by atoms with Gasteiger partial charge in [-0.3, -0.25) is 9.48 Å². The van der Waals surface area contributed by atoms with Crippen LogP contribution in [0.25, 0.3) is 0 Å². The maximum absolute atomic E-state index is 13.3. The number of carbonyl (C=O) groups is 1. The molecule has 0 atom stereocenters. The summed E-state index contributed by atoms with van der Waals surface area (Å²) in [7, 11) is -3.73. The molecule has 1 aromatic heterocycles. The van der Waals surface area contributed by atoms with Gasteiger partial charge in [0.05, 0.1) is 22.8 Å². The fourth-order valence-corrected chi connectivity index (χ4v) is 4.67. The third-order valence-corrected chi connectivity index (χ3v) is 6.36. The van der Waals surface area contributed by atoms with Crippen LogP contribution in [-0.4, -0.2) is 30.7 Å². The quantitative estimate of drug-likeness (QED) is 0.735. The van der Waals surface area contributed by atoms with Crippen LogP contribution in [0.3, 0.4) is 0 Å². The van der Waals surface area contributed by atoms with Crippen LogP contribution >= 0.6 is 0 Å². The molecule has 3 N–H and O–H groups in total. The molecule has 0 unspecified atom stereocenters. The van der Waals surface area contributed by atoms with Gasteiger partial charge in [-0.15, -0.1) is 0 Å². The number of nitrogens with one attached hydrogen (secondary N) is 1. The minimum atomic E-state index is -3.73. The van der Waals surface area contributed by atoms with E-state index < -0.39 is 15.3 Å². The number of benzene rings is 1. The average Bonchev–Trinajstić information content (AvgIpc) is 3.00. The average molecular weight is 407 g/mol. The van der Waals surface area contributed by atoms with Crippen LogP contribution in [0.2, 0.25) is 0 Å². The van der Waals surface area contributed by atoms with Crippen LogP contribution in [0, 0.1) is 5.41 Å². The van der Waals surface area contributed by atoms with Gasteiger partial charge in [0.1, 0.15) is 4.90 Å². The number of aromatic nitrogens is 2. The molecule has 0 aliphatic carbocycles. The van der Waals surface area contributed by atoms with E-state index >= 15 is 0 Å². The van der Waals surface area contributed by atoms with E-state index in [1.807, 2.05) is 34.6 Å². The molecule has 2 rings (SSSR count). The largest absolute Gasteiger partial charge is 0.329 e. The highest BCUT2D eigenvalue weighted by molar-refractivity contribution is 7.91. The SMILES string of the molecule is CCc1nn(CCN)c(CC)c1S(=O)(=O)c1ccc(NC(=O)C(C)(C)C)cc1. The van der Waals surface area contributed by atoms with Crippen molar-refractivity contribution in [2.75, 3.05) is 11.9 Å². The number of hydrogen-bond acceptors (Lipinski definition) is 5. The summed E-state index contributed by atoms with van der Waals surface area (Å²) < 4.78 is 28.4. The first-order valence-electron chi connectivity index (χ1n) is 9.51. The molecular formula is C20H30N4O3S. The van der Waals surface area contributed by atoms with Crippen LogP contribution in [-0.2, 0) is 34.0 Å². The lowest BCUT2D eigenvalue weighted by Crippen LogP contribution is -2.27. The number of sulfone groups is 1. The zero-order valence-electron chi connectivity index (χ0n) is 17.2. The predicted octanol–water partition coefficient (Wildman–Crippen LogP) is 2.78. The number of aryl methyl sites for hydroxylation is 1. The summed E-state index contributed by atoms with van der Waals surface area (Å²) in [5.41, 5.74) is 6.90. The zero-order valence-corrected chi connectivity index (χ0v) is 18.1. The van der Waals surface area contributed by atoms with Crippen LogP contribution in [0.1, 0.15) is 46.0 Å². The number of anilines is 1. The van der Waals surface area contributed by atoms with Crippen molar-refractivity contribution in [2.24, 2.45) is 11.1 Å². The molecule has 0 fully saturated rings. The Kier molecular flexibility index (Phi) is 6.67. The van der Waals surface area contributed by atoms with Crippen molar-refractivity contribution in [2.45, 2.75) is 63.8 Å². The number of amides is 1. The van der Waals surface area contributed by atoms with E-state index in [1.165, 1.54) is 12.1 Å². The summed E-state index contributed by atoms with van der Waals surface area (Å²) in [6, 6.07) is 6.26. The van der Waals surface area contributed by atoms with Crippen molar-refractivity contribution in [1.82, 2.24) is 9.78 Å². The van der Waals surface area contributed by atoms with Crippen molar-refractivity contribution in [3.05, 3.63) is 35.7 Å². The maximum Gasteiger partial charge on any atom is 0.229 e. The molecule has 1 aromatic carbocycles. The molecule has 1 heterocycles. The first kappa shape index (κ1) is 22.1. The molecule has 0 aliphatic rings. The van der Waals surface area contributed by atoms with Gasteiger partial charge >= 0.3 is 0 Å².